The van der Waals surface area contributed by atoms with Crippen LogP contribution in [0.3, 0.4) is 0 Å². The van der Waals surface area contributed by atoms with Gasteiger partial charge in [-0.05, 0) is 25.7 Å². The standard InChI is InChI=1S/C6H13NO/c7-5-1-3-6(8)4-2-5/h5-6,8H,1-4,7H2/i1+1,2+1,3+1,4+1,5+1,6+1. The molecule has 8 heavy (non-hydrogen) atoms. The number of nitrogens with two attached hydrogens (primary N) is 1. The van der Waals surface area contributed by atoms with Crippen molar-refractivity contribution in [1.29, 1.82) is 0 Å². The summed E-state index contributed by atoms with van der Waals surface area (Å²) in [5, 5.41) is 8.97. The monoisotopic (exact) mass is 121 g/mol. The minimum absolute atomic E-state index is 0.0604. The summed E-state index contributed by atoms with van der Waals surface area (Å²) < 4.78 is 0. The average Bonchev–Trinajstić information content (AvgIpc) is 1.77. The summed E-state index contributed by atoms with van der Waals surface area (Å²) in [6.45, 7) is 0. The first-order chi connectivity index (χ1) is 3.79. The largest absolute Gasteiger partial charge is 0.393 e. The van der Waals surface area contributed by atoms with E-state index < -0.39 is 0 Å². The van der Waals surface area contributed by atoms with Gasteiger partial charge in [-0.2, -0.15) is 0 Å². The van der Waals surface area contributed by atoms with Gasteiger partial charge < -0.3 is 10.8 Å². The van der Waals surface area contributed by atoms with Gasteiger partial charge in [-0.1, -0.05) is 0 Å². The lowest BCUT2D eigenvalue weighted by Crippen LogP contribution is -2.28. The SMILES string of the molecule is N[13CH]1[13CH2][13CH2][13CH](O)[13CH2][13CH2]1. The molecule has 2 nitrogen and oxygen atoms in total. The molecule has 0 spiro atoms. The summed E-state index contributed by atoms with van der Waals surface area (Å²) >= 11 is 0. The van der Waals surface area contributed by atoms with Gasteiger partial charge in [0.2, 0.25) is 0 Å². The highest BCUT2D eigenvalue weighted by molar-refractivity contribution is 4.72. The highest BCUT2D eigenvalue weighted by Gasteiger charge is 2.14. The van der Waals surface area contributed by atoms with Gasteiger partial charge >= 0.3 is 0 Å². The summed E-state index contributed by atoms with van der Waals surface area (Å²) in [6.07, 6.45) is 3.75. The lowest BCUT2D eigenvalue weighted by molar-refractivity contribution is 0.123. The van der Waals surface area contributed by atoms with E-state index in [1.165, 1.54) is 0 Å². The quantitative estimate of drug-likeness (QED) is 0.451. The van der Waals surface area contributed by atoms with E-state index in [-0.39, 0.29) is 6.10 Å². The number of aliphatic hydroxyl groups excluding tert-OH is 1. The number of rotatable bonds is 0. The second-order valence-corrected chi connectivity index (χ2v) is 2.57. The number of hydrogen-bond donors (Lipinski definition) is 2. The third-order valence-corrected chi connectivity index (χ3v) is 1.74. The van der Waals surface area contributed by atoms with E-state index in [2.05, 4.69) is 0 Å². The molecule has 0 heterocycles. The first-order valence-corrected chi connectivity index (χ1v) is 3.22. The van der Waals surface area contributed by atoms with Gasteiger partial charge in [0.1, 0.15) is 0 Å². The van der Waals surface area contributed by atoms with Crippen LogP contribution in [0, 0.1) is 0 Å². The Morgan fingerprint density at radius 1 is 1.12 bits per heavy atom. The second kappa shape index (κ2) is 2.46. The molecule has 1 aliphatic rings. The number of aliphatic hydroxyl groups is 1. The predicted octanol–water partition coefficient (Wildman–Crippen LogP) is 0.249. The Balaban J connectivity index is 2.19. The first-order valence-electron chi connectivity index (χ1n) is 3.22. The van der Waals surface area contributed by atoms with Crippen molar-refractivity contribution in [2.24, 2.45) is 5.73 Å². The molecule has 0 aliphatic heterocycles. The van der Waals surface area contributed by atoms with Gasteiger partial charge in [0, 0.05) is 6.04 Å². The molecule has 0 atom stereocenters. The molecule has 1 fully saturated rings. The van der Waals surface area contributed by atoms with Gasteiger partial charge in [0.25, 0.3) is 0 Å². The molecule has 1 saturated carbocycles. The van der Waals surface area contributed by atoms with Gasteiger partial charge in [-0.3, -0.25) is 0 Å². The molecule has 0 amide bonds. The number of hydrogen-bond acceptors (Lipinski definition) is 2. The molecule has 48 valence electrons. The highest BCUT2D eigenvalue weighted by atomic mass is 16.4. The van der Waals surface area contributed by atoms with Gasteiger partial charge in [-0.25, -0.2) is 0 Å². The summed E-state index contributed by atoms with van der Waals surface area (Å²) in [5.41, 5.74) is 5.59. The van der Waals surface area contributed by atoms with Crippen LogP contribution >= 0.6 is 0 Å². The summed E-state index contributed by atoms with van der Waals surface area (Å²) in [7, 11) is 0. The maximum atomic E-state index is 8.97. The lowest BCUT2D eigenvalue weighted by Gasteiger charge is -2.21. The van der Waals surface area contributed by atoms with Crippen molar-refractivity contribution in [1.82, 2.24) is 0 Å². The fourth-order valence-corrected chi connectivity index (χ4v) is 1.10. The van der Waals surface area contributed by atoms with Crippen LogP contribution in [0.1, 0.15) is 25.7 Å². The zero-order valence-electron chi connectivity index (χ0n) is 5.01. The van der Waals surface area contributed by atoms with Crippen molar-refractivity contribution in [3.63, 3.8) is 0 Å². The van der Waals surface area contributed by atoms with E-state index in [9.17, 15) is 0 Å². The molecule has 0 aromatic rings. The van der Waals surface area contributed by atoms with Gasteiger partial charge in [0.05, 0.1) is 6.10 Å². The molecule has 0 aromatic carbocycles. The Bertz CT molecular complexity index is 56.9. The molecular weight excluding hydrogens is 108 g/mol. The zero-order chi connectivity index (χ0) is 5.98. The first kappa shape index (κ1) is 6.05. The summed E-state index contributed by atoms with van der Waals surface area (Å²) in [6, 6.07) is 0.360. The third kappa shape index (κ3) is 1.46. The topological polar surface area (TPSA) is 46.2 Å². The van der Waals surface area contributed by atoms with Crippen molar-refractivity contribution in [2.75, 3.05) is 0 Å². The predicted molar refractivity (Wildman–Crippen MR) is 32.5 cm³/mol. The Hall–Kier alpha value is -0.0800. The summed E-state index contributed by atoms with van der Waals surface area (Å²) in [4.78, 5) is 0. The Labute approximate surface area is 49.7 Å². The van der Waals surface area contributed by atoms with Crippen molar-refractivity contribution >= 4 is 0 Å². The van der Waals surface area contributed by atoms with Gasteiger partial charge in [-0.15, -0.1) is 0 Å². The fraction of sp³-hybridized carbons (Fsp3) is 1.00. The molecule has 3 N–H and O–H groups in total. The molecule has 1 rings (SSSR count). The van der Waals surface area contributed by atoms with Crippen LogP contribution in [0.4, 0.5) is 0 Å². The maximum Gasteiger partial charge on any atom is 0.0541 e. The molecule has 0 aromatic heterocycles. The molecule has 0 saturated heterocycles. The minimum Gasteiger partial charge on any atom is -0.393 e. The van der Waals surface area contributed by atoms with Crippen LogP contribution in [-0.2, 0) is 0 Å². The normalized spacial score (nSPS) is 39.8. The van der Waals surface area contributed by atoms with E-state index in [4.69, 9.17) is 10.8 Å². The van der Waals surface area contributed by atoms with Crippen LogP contribution in [0.25, 0.3) is 0 Å². The molecule has 0 bridgehead atoms. The average molecular weight is 121 g/mol. The Kier molecular flexibility index (Phi) is 1.86. The minimum atomic E-state index is -0.0604. The van der Waals surface area contributed by atoms with E-state index in [1.54, 1.807) is 0 Å². The lowest BCUT2D eigenvalue weighted by atomic mass is 10.9. The van der Waals surface area contributed by atoms with Crippen LogP contribution in [0.5, 0.6) is 0 Å². The molecular formula is C6H13NO. The second-order valence-electron chi connectivity index (χ2n) is 2.57. The molecule has 0 radical (unpaired) electrons. The van der Waals surface area contributed by atoms with Crippen LogP contribution in [-0.4, -0.2) is 17.3 Å². The van der Waals surface area contributed by atoms with Gasteiger partial charge in [0.15, 0.2) is 0 Å². The van der Waals surface area contributed by atoms with Crippen LogP contribution in [0.15, 0.2) is 0 Å². The highest BCUT2D eigenvalue weighted by Crippen LogP contribution is 2.15. The van der Waals surface area contributed by atoms with Crippen molar-refractivity contribution < 1.29 is 5.11 Å². The Morgan fingerprint density at radius 2 is 1.62 bits per heavy atom. The van der Waals surface area contributed by atoms with E-state index in [1.807, 2.05) is 0 Å². The Morgan fingerprint density at radius 3 is 2.00 bits per heavy atom. The maximum absolute atomic E-state index is 8.97. The van der Waals surface area contributed by atoms with Crippen molar-refractivity contribution in [3.05, 3.63) is 0 Å². The van der Waals surface area contributed by atoms with Crippen LogP contribution in [0.2, 0.25) is 0 Å². The van der Waals surface area contributed by atoms with E-state index in [0.717, 1.165) is 25.7 Å². The van der Waals surface area contributed by atoms with E-state index >= 15 is 0 Å². The fourth-order valence-electron chi connectivity index (χ4n) is 1.10. The van der Waals surface area contributed by atoms with Crippen LogP contribution < -0.4 is 5.73 Å². The molecule has 1 aliphatic carbocycles. The molecule has 0 unspecified atom stereocenters. The van der Waals surface area contributed by atoms with Crippen molar-refractivity contribution in [2.45, 2.75) is 37.8 Å². The zero-order valence-corrected chi connectivity index (χ0v) is 5.01. The van der Waals surface area contributed by atoms with E-state index in [0.29, 0.717) is 6.04 Å². The smallest absolute Gasteiger partial charge is 0.0541 e. The summed E-state index contributed by atoms with van der Waals surface area (Å²) in [5.74, 6) is 0. The third-order valence-electron chi connectivity index (χ3n) is 1.74. The molecule has 2 heteroatoms. The van der Waals surface area contributed by atoms with Crippen molar-refractivity contribution in [3.8, 4) is 0 Å².